The molecule has 0 bridgehead atoms. The van der Waals surface area contributed by atoms with E-state index in [9.17, 15) is 4.79 Å². The van der Waals surface area contributed by atoms with Crippen molar-refractivity contribution in [3.63, 3.8) is 0 Å². The Morgan fingerprint density at radius 2 is 1.85 bits per heavy atom. The summed E-state index contributed by atoms with van der Waals surface area (Å²) in [4.78, 5) is 23.7. The lowest BCUT2D eigenvalue weighted by Crippen LogP contribution is -2.29. The van der Waals surface area contributed by atoms with Crippen LogP contribution in [0, 0.1) is 13.8 Å². The number of aliphatic imine (C=N–C) groups is 1. The Morgan fingerprint density at radius 3 is 2.59 bits per heavy atom. The number of thioether (sulfide) groups is 2. The molecule has 0 saturated carbocycles. The minimum absolute atomic E-state index is 0.0358. The molecule has 1 fully saturated rings. The van der Waals surface area contributed by atoms with Crippen LogP contribution < -0.4 is 4.90 Å². The second-order valence-electron chi connectivity index (χ2n) is 6.60. The smallest absolute Gasteiger partial charge is 0.269 e. The van der Waals surface area contributed by atoms with Crippen molar-refractivity contribution < 1.29 is 4.79 Å². The standard InChI is InChI=1S/C21H21N3OS2/c1-5-24-19(25)18(20-23(4)16-8-6-7-9-17(16)26-20)27-21(24)22-15-12-13(2)10-11-14(15)3/h6-12H,5H2,1-4H3/b20-18-,22-21?. The van der Waals surface area contributed by atoms with Crippen LogP contribution in [0.1, 0.15) is 18.1 Å². The molecule has 0 spiro atoms. The fourth-order valence-electron chi connectivity index (χ4n) is 3.14. The summed E-state index contributed by atoms with van der Waals surface area (Å²) < 4.78 is 0. The van der Waals surface area contributed by atoms with E-state index in [0.29, 0.717) is 6.54 Å². The van der Waals surface area contributed by atoms with E-state index in [2.05, 4.69) is 42.2 Å². The van der Waals surface area contributed by atoms with Crippen molar-refractivity contribution in [2.75, 3.05) is 18.5 Å². The second-order valence-corrected chi connectivity index (χ2v) is 8.61. The maximum atomic E-state index is 13.1. The third kappa shape index (κ3) is 3.17. The predicted octanol–water partition coefficient (Wildman–Crippen LogP) is 5.30. The van der Waals surface area contributed by atoms with Gasteiger partial charge < -0.3 is 4.90 Å². The van der Waals surface area contributed by atoms with Gasteiger partial charge in [0.1, 0.15) is 4.91 Å². The van der Waals surface area contributed by atoms with E-state index < -0.39 is 0 Å². The number of amides is 1. The van der Waals surface area contributed by atoms with E-state index in [1.165, 1.54) is 16.7 Å². The molecule has 4 nitrogen and oxygen atoms in total. The number of likely N-dealkylation sites (N-methyl/N-ethyl adjacent to an activating group) is 1. The summed E-state index contributed by atoms with van der Waals surface area (Å²) in [5.41, 5.74) is 4.34. The first-order chi connectivity index (χ1) is 13.0. The fraction of sp³-hybridized carbons (Fsp3) is 0.238. The van der Waals surface area contributed by atoms with Crippen molar-refractivity contribution >= 4 is 46.0 Å². The Labute approximate surface area is 168 Å². The molecule has 0 unspecified atom stereocenters. The number of hydrogen-bond donors (Lipinski definition) is 0. The highest BCUT2D eigenvalue weighted by Crippen LogP contribution is 2.49. The van der Waals surface area contributed by atoms with Crippen LogP contribution in [-0.4, -0.2) is 29.6 Å². The first-order valence-corrected chi connectivity index (χ1v) is 10.5. The van der Waals surface area contributed by atoms with Gasteiger partial charge in [-0.15, -0.1) is 0 Å². The normalized spacial score (nSPS) is 20.7. The molecule has 6 heteroatoms. The van der Waals surface area contributed by atoms with E-state index in [1.807, 2.05) is 33.0 Å². The van der Waals surface area contributed by atoms with E-state index in [-0.39, 0.29) is 5.91 Å². The number of hydrogen-bond acceptors (Lipinski definition) is 5. The Balaban J connectivity index is 1.75. The summed E-state index contributed by atoms with van der Waals surface area (Å²) in [7, 11) is 2.02. The molecule has 0 N–H and O–H groups in total. The number of amidine groups is 1. The lowest BCUT2D eigenvalue weighted by Gasteiger charge is -2.15. The second kappa shape index (κ2) is 7.09. The molecule has 2 aromatic carbocycles. The minimum Gasteiger partial charge on any atom is -0.337 e. The van der Waals surface area contributed by atoms with Crippen LogP contribution in [0.15, 0.2) is 62.3 Å². The van der Waals surface area contributed by atoms with Gasteiger partial charge in [-0.1, -0.05) is 36.0 Å². The van der Waals surface area contributed by atoms with Crippen molar-refractivity contribution in [2.24, 2.45) is 4.99 Å². The molecule has 0 atom stereocenters. The van der Waals surface area contributed by atoms with Crippen LogP contribution in [0.25, 0.3) is 0 Å². The lowest BCUT2D eigenvalue weighted by molar-refractivity contribution is -0.122. The SMILES string of the molecule is CCN1C(=O)/C(=C2/Sc3ccccc3N2C)SC1=Nc1cc(C)ccc1C. The zero-order chi connectivity index (χ0) is 19.1. The topological polar surface area (TPSA) is 35.9 Å². The average molecular weight is 396 g/mol. The largest absolute Gasteiger partial charge is 0.337 e. The first-order valence-electron chi connectivity index (χ1n) is 8.90. The highest BCUT2D eigenvalue weighted by molar-refractivity contribution is 8.19. The first kappa shape index (κ1) is 18.2. The van der Waals surface area contributed by atoms with Crippen molar-refractivity contribution in [2.45, 2.75) is 25.7 Å². The number of nitrogens with zero attached hydrogens (tertiary/aromatic N) is 3. The highest BCUT2D eigenvalue weighted by Gasteiger charge is 2.38. The van der Waals surface area contributed by atoms with Gasteiger partial charge in [0, 0.05) is 18.5 Å². The summed E-state index contributed by atoms with van der Waals surface area (Å²) in [5.74, 6) is 0.0358. The van der Waals surface area contributed by atoms with Gasteiger partial charge in [-0.3, -0.25) is 9.69 Å². The average Bonchev–Trinajstić information content (AvgIpc) is 3.15. The molecular formula is C21H21N3OS2. The van der Waals surface area contributed by atoms with Crippen LogP contribution in [0.3, 0.4) is 0 Å². The van der Waals surface area contributed by atoms with Crippen LogP contribution in [0.2, 0.25) is 0 Å². The molecule has 27 heavy (non-hydrogen) atoms. The number of anilines is 1. The van der Waals surface area contributed by atoms with Crippen LogP contribution in [0.5, 0.6) is 0 Å². The third-order valence-corrected chi connectivity index (χ3v) is 7.12. The summed E-state index contributed by atoms with van der Waals surface area (Å²) in [5, 5.41) is 1.74. The molecule has 1 amide bonds. The van der Waals surface area contributed by atoms with Crippen molar-refractivity contribution in [1.29, 1.82) is 0 Å². The van der Waals surface area contributed by atoms with Crippen LogP contribution in [0.4, 0.5) is 11.4 Å². The Morgan fingerprint density at radius 1 is 1.07 bits per heavy atom. The molecule has 2 aromatic rings. The molecule has 0 aliphatic carbocycles. The Bertz CT molecular complexity index is 997. The van der Waals surface area contributed by atoms with E-state index in [1.54, 1.807) is 16.7 Å². The fourth-order valence-corrected chi connectivity index (χ4v) is 5.54. The minimum atomic E-state index is 0.0358. The maximum absolute atomic E-state index is 13.1. The van der Waals surface area contributed by atoms with E-state index in [0.717, 1.165) is 37.6 Å². The Hall–Kier alpha value is -2.18. The monoisotopic (exact) mass is 395 g/mol. The zero-order valence-corrected chi connectivity index (χ0v) is 17.4. The molecule has 2 aliphatic heterocycles. The summed E-state index contributed by atoms with van der Waals surface area (Å²) in [6.07, 6.45) is 0. The van der Waals surface area contributed by atoms with Crippen molar-refractivity contribution in [3.8, 4) is 0 Å². The van der Waals surface area contributed by atoms with Gasteiger partial charge in [0.15, 0.2) is 5.17 Å². The van der Waals surface area contributed by atoms with Crippen molar-refractivity contribution in [3.05, 3.63) is 63.5 Å². The molecule has 2 aliphatic rings. The van der Waals surface area contributed by atoms with Gasteiger partial charge in [0.05, 0.1) is 16.4 Å². The van der Waals surface area contributed by atoms with Crippen molar-refractivity contribution in [1.82, 2.24) is 4.90 Å². The lowest BCUT2D eigenvalue weighted by atomic mass is 10.1. The summed E-state index contributed by atoms with van der Waals surface area (Å²) >= 11 is 3.13. The van der Waals surface area contributed by atoms with Gasteiger partial charge in [-0.25, -0.2) is 4.99 Å². The highest BCUT2D eigenvalue weighted by atomic mass is 32.2. The number of carbonyl (C=O) groups is 1. The molecule has 0 aromatic heterocycles. The molecule has 1 saturated heterocycles. The summed E-state index contributed by atoms with van der Waals surface area (Å²) in [6, 6.07) is 14.5. The number of fused-ring (bicyclic) bond motifs is 1. The van der Waals surface area contributed by atoms with Crippen LogP contribution >= 0.6 is 23.5 Å². The number of aryl methyl sites for hydroxylation is 2. The molecular weight excluding hydrogens is 374 g/mol. The molecule has 138 valence electrons. The van der Waals surface area contributed by atoms with Gasteiger partial charge in [-0.05, 0) is 61.9 Å². The van der Waals surface area contributed by atoms with E-state index >= 15 is 0 Å². The Kier molecular flexibility index (Phi) is 4.78. The van der Waals surface area contributed by atoms with Gasteiger partial charge in [0.2, 0.25) is 0 Å². The zero-order valence-electron chi connectivity index (χ0n) is 15.8. The molecule has 0 radical (unpaired) electrons. The number of carbonyl (C=O) groups excluding carboxylic acids is 1. The third-order valence-electron chi connectivity index (χ3n) is 4.69. The number of para-hydroxylation sites is 1. The summed E-state index contributed by atoms with van der Waals surface area (Å²) in [6.45, 7) is 6.70. The number of benzene rings is 2. The molecule has 2 heterocycles. The maximum Gasteiger partial charge on any atom is 0.269 e. The predicted molar refractivity (Wildman–Crippen MR) is 116 cm³/mol. The van der Waals surface area contributed by atoms with Gasteiger partial charge >= 0.3 is 0 Å². The van der Waals surface area contributed by atoms with Gasteiger partial charge in [0.25, 0.3) is 5.91 Å². The van der Waals surface area contributed by atoms with E-state index in [4.69, 9.17) is 4.99 Å². The van der Waals surface area contributed by atoms with Gasteiger partial charge in [-0.2, -0.15) is 0 Å². The molecule has 4 rings (SSSR count). The number of rotatable bonds is 2. The van der Waals surface area contributed by atoms with Crippen LogP contribution in [-0.2, 0) is 4.79 Å². The quantitative estimate of drug-likeness (QED) is 0.647.